The zero-order chi connectivity index (χ0) is 11.8. The van der Waals surface area contributed by atoms with Crippen LogP contribution in [-0.2, 0) is 17.6 Å². The van der Waals surface area contributed by atoms with Gasteiger partial charge in [0.15, 0.2) is 0 Å². The number of fused-ring (bicyclic) bond motifs is 3. The second-order valence-corrected chi connectivity index (χ2v) is 4.70. The molecule has 1 amide bonds. The first-order valence-electron chi connectivity index (χ1n) is 6.16. The van der Waals surface area contributed by atoms with Crippen LogP contribution in [0.2, 0.25) is 0 Å². The molecule has 0 radical (unpaired) electrons. The zero-order valence-electron chi connectivity index (χ0n) is 9.97. The number of hydrogen-bond donors (Lipinski definition) is 2. The van der Waals surface area contributed by atoms with Crippen LogP contribution in [0.1, 0.15) is 31.0 Å². The average molecular weight is 228 g/mol. The molecule has 88 valence electrons. The minimum Gasteiger partial charge on any atom is -0.356 e. The normalized spacial score (nSPS) is 14.6. The molecule has 3 nitrogen and oxygen atoms in total. The highest BCUT2D eigenvalue weighted by molar-refractivity contribution is 6.01. The van der Waals surface area contributed by atoms with Crippen molar-refractivity contribution in [3.8, 4) is 0 Å². The van der Waals surface area contributed by atoms with Gasteiger partial charge in [-0.3, -0.25) is 4.79 Å². The van der Waals surface area contributed by atoms with E-state index in [1.54, 1.807) is 6.92 Å². The van der Waals surface area contributed by atoms with Crippen molar-refractivity contribution in [3.63, 3.8) is 0 Å². The van der Waals surface area contributed by atoms with Crippen molar-refractivity contribution >= 4 is 22.5 Å². The smallest absolute Gasteiger partial charge is 0.221 e. The molecule has 1 aromatic carbocycles. The molecule has 0 aliphatic heterocycles. The zero-order valence-corrected chi connectivity index (χ0v) is 9.97. The van der Waals surface area contributed by atoms with E-state index in [2.05, 4.69) is 16.4 Å². The monoisotopic (exact) mass is 228 g/mol. The van der Waals surface area contributed by atoms with Crippen LogP contribution in [0.15, 0.2) is 18.2 Å². The van der Waals surface area contributed by atoms with Gasteiger partial charge in [-0.2, -0.15) is 0 Å². The predicted molar refractivity (Wildman–Crippen MR) is 69.2 cm³/mol. The number of para-hydroxylation sites is 1. The van der Waals surface area contributed by atoms with Crippen LogP contribution in [0.25, 0.3) is 10.9 Å². The van der Waals surface area contributed by atoms with Crippen LogP contribution < -0.4 is 5.32 Å². The van der Waals surface area contributed by atoms with Gasteiger partial charge in [0, 0.05) is 18.0 Å². The van der Waals surface area contributed by atoms with Gasteiger partial charge >= 0.3 is 0 Å². The number of rotatable bonds is 1. The second kappa shape index (κ2) is 3.91. The van der Waals surface area contributed by atoms with Gasteiger partial charge in [0.1, 0.15) is 0 Å². The molecule has 3 rings (SSSR count). The van der Waals surface area contributed by atoms with E-state index in [1.807, 2.05) is 12.1 Å². The lowest BCUT2D eigenvalue weighted by Crippen LogP contribution is -2.05. The van der Waals surface area contributed by atoms with Gasteiger partial charge < -0.3 is 10.3 Å². The topological polar surface area (TPSA) is 44.9 Å². The van der Waals surface area contributed by atoms with Gasteiger partial charge in [0.25, 0.3) is 0 Å². The number of hydrogen-bond acceptors (Lipinski definition) is 1. The quantitative estimate of drug-likeness (QED) is 0.774. The number of carbonyl (C=O) groups is 1. The fraction of sp³-hybridized carbons (Fsp3) is 0.357. The Labute approximate surface area is 100 Å². The summed E-state index contributed by atoms with van der Waals surface area (Å²) in [5, 5.41) is 4.16. The summed E-state index contributed by atoms with van der Waals surface area (Å²) in [6.07, 6.45) is 4.81. The number of anilines is 1. The number of amides is 1. The number of carbonyl (C=O) groups excluding carboxylic acids is 1. The van der Waals surface area contributed by atoms with E-state index < -0.39 is 0 Å². The number of aromatic nitrogens is 1. The highest BCUT2D eigenvalue weighted by Gasteiger charge is 2.16. The van der Waals surface area contributed by atoms with Crippen molar-refractivity contribution in [3.05, 3.63) is 29.5 Å². The highest BCUT2D eigenvalue weighted by Crippen LogP contribution is 2.32. The molecule has 17 heavy (non-hydrogen) atoms. The first kappa shape index (κ1) is 10.4. The molecule has 0 spiro atoms. The summed E-state index contributed by atoms with van der Waals surface area (Å²) < 4.78 is 0. The van der Waals surface area contributed by atoms with Crippen LogP contribution in [-0.4, -0.2) is 10.9 Å². The van der Waals surface area contributed by atoms with Crippen molar-refractivity contribution in [1.29, 1.82) is 0 Å². The van der Waals surface area contributed by atoms with E-state index in [4.69, 9.17) is 0 Å². The molecule has 0 saturated carbocycles. The molecule has 2 N–H and O–H groups in total. The molecular weight excluding hydrogens is 212 g/mol. The Bertz CT molecular complexity index is 583. The van der Waals surface area contributed by atoms with E-state index in [1.165, 1.54) is 29.5 Å². The number of H-pyrrole nitrogens is 1. The molecule has 0 fully saturated rings. The molecule has 1 aliphatic rings. The van der Waals surface area contributed by atoms with Gasteiger partial charge in [0.05, 0.1) is 11.2 Å². The third-order valence-electron chi connectivity index (χ3n) is 3.44. The molecule has 3 heteroatoms. The van der Waals surface area contributed by atoms with Gasteiger partial charge in [-0.05, 0) is 37.3 Å². The Hall–Kier alpha value is -1.77. The molecule has 0 atom stereocenters. The maximum Gasteiger partial charge on any atom is 0.221 e. The van der Waals surface area contributed by atoms with Crippen LogP contribution in [0.4, 0.5) is 5.69 Å². The van der Waals surface area contributed by atoms with Gasteiger partial charge in [-0.1, -0.05) is 12.1 Å². The summed E-state index contributed by atoms with van der Waals surface area (Å²) in [5.74, 6) is -0.0231. The lowest BCUT2D eigenvalue weighted by molar-refractivity contribution is -0.114. The van der Waals surface area contributed by atoms with Gasteiger partial charge in [-0.25, -0.2) is 0 Å². The van der Waals surface area contributed by atoms with Crippen molar-refractivity contribution < 1.29 is 4.79 Å². The first-order chi connectivity index (χ1) is 8.25. The summed E-state index contributed by atoms with van der Waals surface area (Å²) in [6.45, 7) is 1.54. The minimum absolute atomic E-state index is 0.0231. The van der Waals surface area contributed by atoms with Crippen molar-refractivity contribution in [1.82, 2.24) is 4.98 Å². The third-order valence-corrected chi connectivity index (χ3v) is 3.44. The van der Waals surface area contributed by atoms with Crippen molar-refractivity contribution in [2.24, 2.45) is 0 Å². The SMILES string of the molecule is CC(=O)Nc1cccc2c3c([nH]c12)CCCC3. The van der Waals surface area contributed by atoms with Gasteiger partial charge in [-0.15, -0.1) is 0 Å². The maximum atomic E-state index is 11.2. The van der Waals surface area contributed by atoms with Crippen molar-refractivity contribution in [2.45, 2.75) is 32.6 Å². The van der Waals surface area contributed by atoms with E-state index >= 15 is 0 Å². The number of aromatic amines is 1. The lowest BCUT2D eigenvalue weighted by Gasteiger charge is -2.10. The molecule has 1 aromatic heterocycles. The first-order valence-corrected chi connectivity index (χ1v) is 6.16. The minimum atomic E-state index is -0.0231. The Kier molecular flexibility index (Phi) is 2.39. The number of nitrogens with one attached hydrogen (secondary N) is 2. The Morgan fingerprint density at radius 2 is 2.12 bits per heavy atom. The molecular formula is C14H16N2O. The van der Waals surface area contributed by atoms with Gasteiger partial charge in [0.2, 0.25) is 5.91 Å². The molecule has 0 bridgehead atoms. The summed E-state index contributed by atoms with van der Waals surface area (Å²) in [7, 11) is 0. The predicted octanol–water partition coefficient (Wildman–Crippen LogP) is 3.01. The fourth-order valence-electron chi connectivity index (χ4n) is 2.72. The van der Waals surface area contributed by atoms with Crippen LogP contribution in [0.5, 0.6) is 0 Å². The summed E-state index contributed by atoms with van der Waals surface area (Å²) in [4.78, 5) is 14.7. The number of benzene rings is 1. The molecule has 0 unspecified atom stereocenters. The Morgan fingerprint density at radius 1 is 1.29 bits per heavy atom. The average Bonchev–Trinajstić information content (AvgIpc) is 2.68. The fourth-order valence-corrected chi connectivity index (χ4v) is 2.72. The van der Waals surface area contributed by atoms with E-state index in [-0.39, 0.29) is 5.91 Å². The second-order valence-electron chi connectivity index (χ2n) is 4.70. The van der Waals surface area contributed by atoms with Crippen LogP contribution >= 0.6 is 0 Å². The third kappa shape index (κ3) is 1.71. The van der Waals surface area contributed by atoms with E-state index in [0.717, 1.165) is 24.0 Å². The highest BCUT2D eigenvalue weighted by atomic mass is 16.1. The molecule has 2 aromatic rings. The summed E-state index contributed by atoms with van der Waals surface area (Å²) >= 11 is 0. The Morgan fingerprint density at radius 3 is 2.94 bits per heavy atom. The Balaban J connectivity index is 2.19. The largest absolute Gasteiger partial charge is 0.356 e. The summed E-state index contributed by atoms with van der Waals surface area (Å²) in [6, 6.07) is 6.10. The van der Waals surface area contributed by atoms with E-state index in [0.29, 0.717) is 0 Å². The van der Waals surface area contributed by atoms with Crippen molar-refractivity contribution in [2.75, 3.05) is 5.32 Å². The van der Waals surface area contributed by atoms with Crippen LogP contribution in [0.3, 0.4) is 0 Å². The molecule has 1 aliphatic carbocycles. The maximum absolute atomic E-state index is 11.2. The lowest BCUT2D eigenvalue weighted by atomic mass is 9.95. The molecule has 1 heterocycles. The molecule has 0 saturated heterocycles. The number of aryl methyl sites for hydroxylation is 2. The standard InChI is InChI=1S/C14H16N2O/c1-9(17)15-13-8-4-6-11-10-5-2-3-7-12(10)16-14(11)13/h4,6,8,16H,2-3,5,7H2,1H3,(H,15,17). The summed E-state index contributed by atoms with van der Waals surface area (Å²) in [5.41, 5.74) is 4.77. The van der Waals surface area contributed by atoms with E-state index in [9.17, 15) is 4.79 Å². The van der Waals surface area contributed by atoms with Crippen LogP contribution in [0, 0.1) is 0 Å².